The van der Waals surface area contributed by atoms with Gasteiger partial charge in [-0.25, -0.2) is 4.39 Å². The van der Waals surface area contributed by atoms with E-state index in [1.54, 1.807) is 12.1 Å². The Morgan fingerprint density at radius 2 is 1.69 bits per heavy atom. The Hall–Kier alpha value is -1.82. The van der Waals surface area contributed by atoms with E-state index in [9.17, 15) is 17.6 Å². The van der Waals surface area contributed by atoms with Crippen molar-refractivity contribution in [3.8, 4) is 16.9 Å². The van der Waals surface area contributed by atoms with Crippen LogP contribution in [0.4, 0.5) is 17.6 Å². The smallest absolute Gasteiger partial charge is 0.406 e. The Morgan fingerprint density at radius 1 is 1.00 bits per heavy atom. The summed E-state index contributed by atoms with van der Waals surface area (Å²) in [5.41, 5.74) is 0.948. The highest BCUT2D eigenvalue weighted by Gasteiger charge is 2.31. The lowest BCUT2D eigenvalue weighted by atomic mass is 9.96. The Balaban J connectivity index is 1.62. The van der Waals surface area contributed by atoms with Gasteiger partial charge in [0, 0.05) is 5.56 Å². The van der Waals surface area contributed by atoms with Gasteiger partial charge in [-0.15, -0.1) is 13.2 Å². The molecule has 0 atom stereocenters. The first-order valence-electron chi connectivity index (χ1n) is 10.4. The molecule has 2 aromatic rings. The SMILES string of the molecule is CCCCCC1CC[Si](c2ccc(-c3ccc(OC(F)(F)F)cc3)c(F)c2)CC1. The number of hydrogen-bond acceptors (Lipinski definition) is 1. The van der Waals surface area contributed by atoms with E-state index in [0.717, 1.165) is 11.1 Å². The van der Waals surface area contributed by atoms with Gasteiger partial charge in [0.1, 0.15) is 11.6 Å². The summed E-state index contributed by atoms with van der Waals surface area (Å²) in [6.07, 6.45) is 2.98. The average molecular weight is 424 g/mol. The molecule has 6 heteroatoms. The van der Waals surface area contributed by atoms with Gasteiger partial charge < -0.3 is 4.74 Å². The second-order valence-electron chi connectivity index (χ2n) is 7.81. The number of unbranched alkanes of at least 4 members (excludes halogenated alkanes) is 2. The van der Waals surface area contributed by atoms with Gasteiger partial charge in [0.05, 0.1) is 8.80 Å². The minimum absolute atomic E-state index is 0.306. The van der Waals surface area contributed by atoms with Crippen LogP contribution in [-0.4, -0.2) is 15.2 Å². The molecule has 29 heavy (non-hydrogen) atoms. The van der Waals surface area contributed by atoms with Crippen molar-refractivity contribution in [3.05, 3.63) is 48.3 Å². The lowest BCUT2D eigenvalue weighted by molar-refractivity contribution is -0.274. The van der Waals surface area contributed by atoms with E-state index in [2.05, 4.69) is 11.7 Å². The van der Waals surface area contributed by atoms with Gasteiger partial charge in [-0.2, -0.15) is 0 Å². The van der Waals surface area contributed by atoms with Crippen molar-refractivity contribution in [2.45, 2.75) is 63.9 Å². The van der Waals surface area contributed by atoms with Crippen molar-refractivity contribution in [1.82, 2.24) is 0 Å². The third-order valence-electron chi connectivity index (χ3n) is 5.70. The Morgan fingerprint density at radius 3 is 2.28 bits per heavy atom. The van der Waals surface area contributed by atoms with Crippen molar-refractivity contribution < 1.29 is 22.3 Å². The van der Waals surface area contributed by atoms with Crippen molar-refractivity contribution in [3.63, 3.8) is 0 Å². The molecule has 0 aliphatic carbocycles. The van der Waals surface area contributed by atoms with Crippen molar-refractivity contribution in [2.24, 2.45) is 5.92 Å². The molecule has 0 aromatic heterocycles. The van der Waals surface area contributed by atoms with E-state index < -0.39 is 15.2 Å². The number of alkyl halides is 3. The molecule has 0 spiro atoms. The molecule has 0 unspecified atom stereocenters. The Kier molecular flexibility index (Phi) is 7.38. The largest absolute Gasteiger partial charge is 0.573 e. The van der Waals surface area contributed by atoms with Gasteiger partial charge >= 0.3 is 6.36 Å². The molecule has 157 valence electrons. The predicted octanol–water partition coefficient (Wildman–Crippen LogP) is 7.08. The highest BCUT2D eigenvalue weighted by Crippen LogP contribution is 2.31. The number of ether oxygens (including phenoxy) is 1. The summed E-state index contributed by atoms with van der Waals surface area (Å²) < 4.78 is 55.4. The molecule has 3 rings (SSSR count). The van der Waals surface area contributed by atoms with Crippen LogP contribution >= 0.6 is 0 Å². The average Bonchev–Trinajstić information content (AvgIpc) is 2.68. The van der Waals surface area contributed by atoms with E-state index in [-0.39, 0.29) is 11.6 Å². The molecule has 2 aromatic carbocycles. The molecular formula is C23H27F4OSi. The molecule has 1 saturated heterocycles. The summed E-state index contributed by atoms with van der Waals surface area (Å²) >= 11 is 0. The van der Waals surface area contributed by atoms with E-state index >= 15 is 0 Å². The van der Waals surface area contributed by atoms with Crippen molar-refractivity contribution in [1.29, 1.82) is 0 Å². The van der Waals surface area contributed by atoms with E-state index in [0.29, 0.717) is 11.1 Å². The molecule has 1 aliphatic heterocycles. The number of benzene rings is 2. The molecule has 1 fully saturated rings. The normalized spacial score (nSPS) is 16.2. The van der Waals surface area contributed by atoms with Crippen LogP contribution in [0.25, 0.3) is 11.1 Å². The van der Waals surface area contributed by atoms with Gasteiger partial charge in [-0.05, 0) is 29.7 Å². The van der Waals surface area contributed by atoms with Gasteiger partial charge in [0.2, 0.25) is 0 Å². The second kappa shape index (κ2) is 9.79. The fraction of sp³-hybridized carbons (Fsp3) is 0.478. The molecule has 0 N–H and O–H groups in total. The third kappa shape index (κ3) is 6.33. The summed E-state index contributed by atoms with van der Waals surface area (Å²) in [6, 6.07) is 13.1. The molecule has 1 nitrogen and oxygen atoms in total. The number of halogens is 4. The van der Waals surface area contributed by atoms with Gasteiger partial charge in [-0.3, -0.25) is 0 Å². The van der Waals surface area contributed by atoms with Crippen molar-refractivity contribution >= 4 is 14.0 Å². The lowest BCUT2D eigenvalue weighted by Crippen LogP contribution is -2.34. The Labute approximate surface area is 171 Å². The molecule has 0 bridgehead atoms. The predicted molar refractivity (Wildman–Crippen MR) is 110 cm³/mol. The summed E-state index contributed by atoms with van der Waals surface area (Å²) in [7, 11) is -0.720. The van der Waals surface area contributed by atoms with Gasteiger partial charge in [0.15, 0.2) is 0 Å². The molecule has 0 saturated carbocycles. The maximum absolute atomic E-state index is 14.7. The highest BCUT2D eigenvalue weighted by molar-refractivity contribution is 6.73. The van der Waals surface area contributed by atoms with Crippen molar-refractivity contribution in [2.75, 3.05) is 0 Å². The van der Waals surface area contributed by atoms with Crippen LogP contribution in [0.3, 0.4) is 0 Å². The second-order valence-corrected chi connectivity index (χ2v) is 10.6. The quantitative estimate of drug-likeness (QED) is 0.263. The first-order valence-corrected chi connectivity index (χ1v) is 12.3. The zero-order chi connectivity index (χ0) is 20.9. The maximum atomic E-state index is 14.7. The molecule has 1 radical (unpaired) electrons. The summed E-state index contributed by atoms with van der Waals surface area (Å²) in [4.78, 5) is 0. The molecular weight excluding hydrogens is 396 g/mol. The van der Waals surface area contributed by atoms with E-state index in [4.69, 9.17) is 0 Å². The molecule has 0 amide bonds. The minimum atomic E-state index is -4.73. The van der Waals surface area contributed by atoms with Gasteiger partial charge in [0.25, 0.3) is 0 Å². The van der Waals surface area contributed by atoms with Crippen LogP contribution < -0.4 is 9.92 Å². The first-order chi connectivity index (χ1) is 13.9. The molecule has 1 heterocycles. The first kappa shape index (κ1) is 21.9. The zero-order valence-corrected chi connectivity index (χ0v) is 17.7. The molecule has 1 aliphatic rings. The van der Waals surface area contributed by atoms with Crippen LogP contribution in [0.2, 0.25) is 12.1 Å². The number of hydrogen-bond donors (Lipinski definition) is 0. The Bertz CT molecular complexity index is 780. The monoisotopic (exact) mass is 423 g/mol. The van der Waals surface area contributed by atoms with E-state index in [1.165, 1.54) is 74.9 Å². The van der Waals surface area contributed by atoms with Crippen LogP contribution in [-0.2, 0) is 0 Å². The van der Waals surface area contributed by atoms with Crippen LogP contribution in [0.1, 0.15) is 45.4 Å². The van der Waals surface area contributed by atoms with Crippen LogP contribution in [0.5, 0.6) is 5.75 Å². The van der Waals surface area contributed by atoms with Crippen LogP contribution in [0.15, 0.2) is 42.5 Å². The summed E-state index contributed by atoms with van der Waals surface area (Å²) in [5.74, 6) is 0.214. The fourth-order valence-electron chi connectivity index (χ4n) is 4.09. The van der Waals surface area contributed by atoms with Gasteiger partial charge in [-0.1, -0.05) is 87.0 Å². The minimum Gasteiger partial charge on any atom is -0.406 e. The van der Waals surface area contributed by atoms with E-state index in [1.807, 2.05) is 6.07 Å². The third-order valence-corrected chi connectivity index (χ3v) is 8.61. The maximum Gasteiger partial charge on any atom is 0.573 e. The summed E-state index contributed by atoms with van der Waals surface area (Å²) in [5, 5.41) is 1.13. The fourth-order valence-corrected chi connectivity index (χ4v) is 7.08. The standard InChI is InChI=1S/C23H27F4OSi/c1-2-3-4-5-17-12-14-29(15-13-17)20-10-11-21(22(24)16-20)18-6-8-19(9-7-18)28-23(25,26)27/h6-11,16-17H,2-5,12-15H2,1H3. The summed E-state index contributed by atoms with van der Waals surface area (Å²) in [6.45, 7) is 2.23. The zero-order valence-electron chi connectivity index (χ0n) is 16.7. The van der Waals surface area contributed by atoms with Crippen LogP contribution in [0, 0.1) is 11.7 Å². The highest BCUT2D eigenvalue weighted by atomic mass is 28.3. The lowest BCUT2D eigenvalue weighted by Gasteiger charge is -2.27. The topological polar surface area (TPSA) is 9.23 Å². The number of rotatable bonds is 7.